The van der Waals surface area contributed by atoms with Crippen LogP contribution in [-0.2, 0) is 29.3 Å². The Morgan fingerprint density at radius 3 is 0.825 bits per heavy atom. The maximum absolute atomic E-state index is 12.1. The van der Waals surface area contributed by atoms with Crippen molar-refractivity contribution >= 4 is 11.4 Å². The zero-order valence-corrected chi connectivity index (χ0v) is 55.2. The van der Waals surface area contributed by atoms with Crippen LogP contribution in [0.1, 0.15) is 378 Å². The molecule has 0 spiro atoms. The van der Waals surface area contributed by atoms with Gasteiger partial charge in [-0.2, -0.15) is 0 Å². The Labute approximate surface area is 511 Å². The molecule has 0 aliphatic carbocycles. The van der Waals surface area contributed by atoms with Crippen molar-refractivity contribution in [2.45, 2.75) is 369 Å². The van der Waals surface area contributed by atoms with Gasteiger partial charge in [-0.3, -0.25) is 12.2 Å². The molecule has 460 valence electrons. The van der Waals surface area contributed by atoms with Crippen LogP contribution in [0.2, 0.25) is 0 Å². The van der Waals surface area contributed by atoms with E-state index in [1.165, 1.54) is 309 Å². The maximum Gasteiger partial charge on any atom is 2.00 e. The second-order valence-electron chi connectivity index (χ2n) is 24.2. The average Bonchev–Trinajstić information content (AvgIpc) is 4.00. The van der Waals surface area contributed by atoms with Gasteiger partial charge in [-0.25, -0.2) is 4.70 Å². The van der Waals surface area contributed by atoms with Gasteiger partial charge in [0.05, 0.1) is 0 Å². The number of unbranched alkanes of at least 4 members (excludes halogenated alkanes) is 41. The molecule has 3 rings (SSSR count). The normalized spacial score (nSPS) is 12.1. The Kier molecular flexibility index (Phi) is 57.8. The van der Waals surface area contributed by atoms with Crippen molar-refractivity contribution in [1.29, 1.82) is 0 Å². The molecule has 0 aromatic heterocycles. The van der Waals surface area contributed by atoms with Gasteiger partial charge in [0, 0.05) is 22.3 Å². The number of aryl methyl sites for hydroxylation is 2. The quantitative estimate of drug-likeness (QED) is 0.0273. The van der Waals surface area contributed by atoms with Crippen LogP contribution < -0.4 is 0 Å². The van der Waals surface area contributed by atoms with Crippen molar-refractivity contribution in [1.82, 2.24) is 0 Å². The number of allylic oxidation sites excluding steroid dienone is 4. The number of benzene rings is 2. The summed E-state index contributed by atoms with van der Waals surface area (Å²) in [6.45, 7) is 24.1. The van der Waals surface area contributed by atoms with Gasteiger partial charge in [0.15, 0.2) is 0 Å². The SMILES string of the molecule is CCCCCCCCCCCCCCCCCCCCCCCCCCCCCC1=C(c2cccc(CCCC)c2)[N+](=[N-])C(c2cccc(CCCC)c2)=C1CCCC.[CH-]=CCCCCCCCC.[CH-]=CCCCCCCCC.[Ni+2]. The molecular formula is C77H132N2Ni. The summed E-state index contributed by atoms with van der Waals surface area (Å²) in [6, 6.07) is 18.1. The zero-order chi connectivity index (χ0) is 57.3. The fourth-order valence-electron chi connectivity index (χ4n) is 11.5. The van der Waals surface area contributed by atoms with Gasteiger partial charge in [0.2, 0.25) is 11.4 Å². The molecule has 0 bridgehead atoms. The first-order valence-corrected chi connectivity index (χ1v) is 35.2. The fraction of sp³-hybridized carbons (Fsp3) is 0.740. The van der Waals surface area contributed by atoms with E-state index in [-0.39, 0.29) is 16.5 Å². The van der Waals surface area contributed by atoms with Crippen LogP contribution >= 0.6 is 0 Å². The van der Waals surface area contributed by atoms with Crippen molar-refractivity contribution < 1.29 is 21.2 Å². The van der Waals surface area contributed by atoms with E-state index < -0.39 is 0 Å². The van der Waals surface area contributed by atoms with E-state index in [4.69, 9.17) is 13.2 Å². The molecule has 3 heteroatoms. The molecule has 2 aromatic carbocycles. The molecule has 2 nitrogen and oxygen atoms in total. The molecule has 80 heavy (non-hydrogen) atoms. The maximum atomic E-state index is 12.1. The van der Waals surface area contributed by atoms with E-state index in [9.17, 15) is 5.53 Å². The van der Waals surface area contributed by atoms with Crippen LogP contribution in [0.3, 0.4) is 0 Å². The molecule has 0 radical (unpaired) electrons. The molecule has 0 N–H and O–H groups in total. The van der Waals surface area contributed by atoms with Crippen LogP contribution in [-0.4, -0.2) is 4.70 Å². The molecule has 1 aliphatic heterocycles. The van der Waals surface area contributed by atoms with E-state index in [1.54, 1.807) is 16.8 Å². The standard InChI is InChI=1S/C57H94N2.2C10H19.Ni/c1-5-9-13-14-15-16-17-18-19-20-21-22-23-24-25-26-27-28-29-30-31-32-33-34-35-36-37-47-55-54(46-12-8-4)56(52-44-38-42-50(48-52)40-10-6-2)59(58)57(55)53-45-39-43-51(49-53)41-11-7-3;2*1-3-5-7-9-10-8-6-4-2;/h38-39,42-45,48-49H,5-37,40-41,46-47H2,1-4H3;2*1,3H,4-10H2,2H3;/q;2*-1;+2. The van der Waals surface area contributed by atoms with Gasteiger partial charge in [0.1, 0.15) is 0 Å². The van der Waals surface area contributed by atoms with E-state index in [1.807, 2.05) is 0 Å². The van der Waals surface area contributed by atoms with Gasteiger partial charge in [-0.15, -0.1) is 0 Å². The Balaban J connectivity index is 0.00000250. The smallest absolute Gasteiger partial charge is 0.518 e. The number of rotatable bonds is 53. The minimum absolute atomic E-state index is 0. The number of nitrogens with zero attached hydrogens (tertiary/aromatic N) is 2. The van der Waals surface area contributed by atoms with E-state index in [0.29, 0.717) is 0 Å². The van der Waals surface area contributed by atoms with Crippen LogP contribution in [0.15, 0.2) is 71.8 Å². The van der Waals surface area contributed by atoms with Crippen molar-refractivity contribution in [3.63, 3.8) is 0 Å². The third kappa shape index (κ3) is 41.5. The van der Waals surface area contributed by atoms with E-state index in [2.05, 4.69) is 90.1 Å². The zero-order valence-electron chi connectivity index (χ0n) is 54.2. The molecule has 2 aromatic rings. The number of hydrogen-bond acceptors (Lipinski definition) is 0. The molecular weight excluding hydrogens is 1010 g/mol. The molecule has 0 atom stereocenters. The molecule has 0 fully saturated rings. The first kappa shape index (κ1) is 77.5. The second-order valence-corrected chi connectivity index (χ2v) is 24.2. The first-order chi connectivity index (χ1) is 39.0. The van der Waals surface area contributed by atoms with E-state index in [0.717, 1.165) is 62.8 Å². The second kappa shape index (κ2) is 59.6. The third-order valence-electron chi connectivity index (χ3n) is 16.7. The number of hydrogen-bond donors (Lipinski definition) is 0. The molecule has 0 saturated heterocycles. The molecule has 1 aliphatic rings. The summed E-state index contributed by atoms with van der Waals surface area (Å²) in [4.78, 5) is 0. The summed E-state index contributed by atoms with van der Waals surface area (Å²) < 4.78 is 1.60. The Morgan fingerprint density at radius 2 is 0.550 bits per heavy atom. The molecule has 0 saturated carbocycles. The van der Waals surface area contributed by atoms with Gasteiger partial charge >= 0.3 is 16.5 Å². The van der Waals surface area contributed by atoms with Crippen LogP contribution in [0.5, 0.6) is 0 Å². The molecule has 0 amide bonds. The van der Waals surface area contributed by atoms with Crippen molar-refractivity contribution in [2.75, 3.05) is 0 Å². The summed E-state index contributed by atoms with van der Waals surface area (Å²) in [6.07, 6.45) is 71.9. The van der Waals surface area contributed by atoms with Crippen LogP contribution in [0.4, 0.5) is 0 Å². The third-order valence-corrected chi connectivity index (χ3v) is 16.7. The van der Waals surface area contributed by atoms with Crippen LogP contribution in [0, 0.1) is 13.2 Å². The summed E-state index contributed by atoms with van der Waals surface area (Å²) in [5.74, 6) is 0. The summed E-state index contributed by atoms with van der Waals surface area (Å²) in [7, 11) is 0. The fourth-order valence-corrected chi connectivity index (χ4v) is 11.5. The monoisotopic (exact) mass is 1140 g/mol. The van der Waals surface area contributed by atoms with Gasteiger partial charge in [-0.1, -0.05) is 342 Å². The predicted octanol–water partition coefficient (Wildman–Crippen LogP) is 27.1. The summed E-state index contributed by atoms with van der Waals surface area (Å²) in [5, 5.41) is 0. The predicted molar refractivity (Wildman–Crippen MR) is 356 cm³/mol. The van der Waals surface area contributed by atoms with Crippen molar-refractivity contribution in [3.8, 4) is 0 Å². The summed E-state index contributed by atoms with van der Waals surface area (Å²) >= 11 is 0. The minimum atomic E-state index is 0. The van der Waals surface area contributed by atoms with Gasteiger partial charge < -0.3 is 18.7 Å². The van der Waals surface area contributed by atoms with Crippen LogP contribution in [0.25, 0.3) is 16.9 Å². The first-order valence-electron chi connectivity index (χ1n) is 35.2. The van der Waals surface area contributed by atoms with Crippen molar-refractivity contribution in [3.05, 3.63) is 113 Å². The van der Waals surface area contributed by atoms with Gasteiger partial charge in [0.25, 0.3) is 0 Å². The molecule has 0 unspecified atom stereocenters. The Hall–Kier alpha value is -2.51. The summed E-state index contributed by atoms with van der Waals surface area (Å²) in [5.41, 5.74) is 22.1. The Bertz CT molecular complexity index is 1750. The largest absolute Gasteiger partial charge is 2.00 e. The minimum Gasteiger partial charge on any atom is -0.518 e. The van der Waals surface area contributed by atoms with E-state index >= 15 is 0 Å². The molecule has 1 heterocycles. The van der Waals surface area contributed by atoms with Gasteiger partial charge in [-0.05, 0) is 86.8 Å². The topological polar surface area (TPSA) is 25.3 Å². The Morgan fingerprint density at radius 1 is 0.312 bits per heavy atom. The average molecular weight is 1140 g/mol. The van der Waals surface area contributed by atoms with Crippen molar-refractivity contribution in [2.24, 2.45) is 0 Å².